The maximum atomic E-state index is 11.3. The van der Waals surface area contributed by atoms with Crippen LogP contribution in [0.15, 0.2) is 30.5 Å². The number of rotatable bonds is 3. The van der Waals surface area contributed by atoms with Gasteiger partial charge in [0, 0.05) is 11.9 Å². The van der Waals surface area contributed by atoms with E-state index in [0.29, 0.717) is 6.42 Å². The molecule has 1 atom stereocenters. The first-order valence-corrected chi connectivity index (χ1v) is 5.87. The molecule has 0 radical (unpaired) electrons. The quantitative estimate of drug-likeness (QED) is 0.757. The molecule has 0 spiro atoms. The lowest BCUT2D eigenvalue weighted by Gasteiger charge is -2.15. The zero-order valence-electron chi connectivity index (χ0n) is 10.0. The molecule has 5 nitrogen and oxygen atoms in total. The third kappa shape index (κ3) is 1.78. The van der Waals surface area contributed by atoms with E-state index in [-0.39, 0.29) is 11.9 Å². The van der Waals surface area contributed by atoms with Crippen molar-refractivity contribution in [3.05, 3.63) is 47.3 Å². The molecule has 1 aromatic heterocycles. The molecule has 1 aliphatic heterocycles. The van der Waals surface area contributed by atoms with Gasteiger partial charge in [0.2, 0.25) is 5.91 Å². The number of aromatic nitrogens is 2. The molecular formula is C13H14N4O. The van der Waals surface area contributed by atoms with E-state index >= 15 is 0 Å². The number of aromatic amines is 1. The van der Waals surface area contributed by atoms with E-state index in [2.05, 4.69) is 26.9 Å². The van der Waals surface area contributed by atoms with Gasteiger partial charge in [0.15, 0.2) is 0 Å². The zero-order valence-corrected chi connectivity index (χ0v) is 10.0. The number of hydrogen-bond acceptors (Lipinski definition) is 3. The van der Waals surface area contributed by atoms with Crippen LogP contribution in [0.2, 0.25) is 0 Å². The smallest absolute Gasteiger partial charge is 0.228 e. The van der Waals surface area contributed by atoms with Gasteiger partial charge >= 0.3 is 0 Å². The molecule has 5 heteroatoms. The number of nitrogens with zero attached hydrogens (tertiary/aromatic N) is 1. The maximum Gasteiger partial charge on any atom is 0.228 e. The van der Waals surface area contributed by atoms with E-state index in [0.717, 1.165) is 22.5 Å². The van der Waals surface area contributed by atoms with Crippen molar-refractivity contribution in [2.75, 3.05) is 12.4 Å². The fourth-order valence-corrected chi connectivity index (χ4v) is 2.36. The van der Waals surface area contributed by atoms with Crippen molar-refractivity contribution in [1.82, 2.24) is 15.5 Å². The Labute approximate surface area is 105 Å². The Morgan fingerprint density at radius 1 is 1.39 bits per heavy atom. The topological polar surface area (TPSA) is 69.8 Å². The zero-order chi connectivity index (χ0) is 12.5. The Balaban J connectivity index is 1.97. The predicted octanol–water partition coefficient (Wildman–Crippen LogP) is 1.21. The molecule has 0 fully saturated rings. The minimum atomic E-state index is 0.0599. The number of hydrogen-bond donors (Lipinski definition) is 3. The first-order valence-electron chi connectivity index (χ1n) is 5.87. The molecule has 1 amide bonds. The van der Waals surface area contributed by atoms with Crippen LogP contribution in [-0.4, -0.2) is 23.2 Å². The summed E-state index contributed by atoms with van der Waals surface area (Å²) in [5, 5.41) is 13.0. The van der Waals surface area contributed by atoms with Gasteiger partial charge in [-0.05, 0) is 30.3 Å². The number of benzene rings is 1. The van der Waals surface area contributed by atoms with Crippen molar-refractivity contribution in [2.24, 2.45) is 0 Å². The Morgan fingerprint density at radius 3 is 3.00 bits per heavy atom. The predicted molar refractivity (Wildman–Crippen MR) is 68.3 cm³/mol. The first kappa shape index (κ1) is 11.0. The molecule has 18 heavy (non-hydrogen) atoms. The second kappa shape index (κ2) is 4.27. The molecule has 3 N–H and O–H groups in total. The lowest BCUT2D eigenvalue weighted by Crippen LogP contribution is -2.18. The highest BCUT2D eigenvalue weighted by Gasteiger charge is 2.20. The highest BCUT2D eigenvalue weighted by Crippen LogP contribution is 2.28. The fraction of sp³-hybridized carbons (Fsp3) is 0.231. The molecule has 0 saturated heterocycles. The van der Waals surface area contributed by atoms with Gasteiger partial charge in [-0.2, -0.15) is 5.10 Å². The van der Waals surface area contributed by atoms with E-state index in [4.69, 9.17) is 0 Å². The van der Waals surface area contributed by atoms with Crippen molar-refractivity contribution >= 4 is 11.6 Å². The summed E-state index contributed by atoms with van der Waals surface area (Å²) in [5.74, 6) is 0.0599. The van der Waals surface area contributed by atoms with Crippen molar-refractivity contribution in [2.45, 2.75) is 12.5 Å². The van der Waals surface area contributed by atoms with Crippen molar-refractivity contribution in [3.8, 4) is 0 Å². The van der Waals surface area contributed by atoms with E-state index in [1.807, 2.05) is 25.2 Å². The molecule has 0 bridgehead atoms. The van der Waals surface area contributed by atoms with Crippen LogP contribution in [0, 0.1) is 0 Å². The Kier molecular flexibility index (Phi) is 2.60. The van der Waals surface area contributed by atoms with Crippen LogP contribution in [0.3, 0.4) is 0 Å². The molecule has 1 unspecified atom stereocenters. The van der Waals surface area contributed by atoms with Crippen LogP contribution in [0.4, 0.5) is 5.69 Å². The first-order chi connectivity index (χ1) is 8.78. The van der Waals surface area contributed by atoms with E-state index in [1.54, 1.807) is 6.20 Å². The standard InChI is InChI=1S/C13H14N4O/c1-14-13(11-4-5-15-17-11)8-2-3-10-9(6-8)7-12(18)16-10/h2-6,13-14H,7H2,1H3,(H,15,17)(H,16,18). The highest BCUT2D eigenvalue weighted by molar-refractivity contribution is 5.99. The van der Waals surface area contributed by atoms with E-state index in [9.17, 15) is 4.79 Å². The van der Waals surface area contributed by atoms with Gasteiger partial charge in [-0.25, -0.2) is 0 Å². The van der Waals surface area contributed by atoms with Crippen LogP contribution in [0.5, 0.6) is 0 Å². The van der Waals surface area contributed by atoms with Crippen molar-refractivity contribution in [1.29, 1.82) is 0 Å². The van der Waals surface area contributed by atoms with E-state index in [1.165, 1.54) is 0 Å². The third-order valence-corrected chi connectivity index (χ3v) is 3.21. The van der Waals surface area contributed by atoms with Gasteiger partial charge in [0.25, 0.3) is 0 Å². The lowest BCUT2D eigenvalue weighted by atomic mass is 10.0. The Bertz CT molecular complexity index is 577. The van der Waals surface area contributed by atoms with E-state index < -0.39 is 0 Å². The SMILES string of the molecule is CNC(c1ccc2c(c1)CC(=O)N2)c1ccn[nH]1. The van der Waals surface area contributed by atoms with Crippen molar-refractivity contribution < 1.29 is 4.79 Å². The summed E-state index contributed by atoms with van der Waals surface area (Å²) in [4.78, 5) is 11.3. The number of carbonyl (C=O) groups excluding carboxylic acids is 1. The second-order valence-corrected chi connectivity index (χ2v) is 4.38. The van der Waals surface area contributed by atoms with Crippen LogP contribution in [0.25, 0.3) is 0 Å². The summed E-state index contributed by atoms with van der Waals surface area (Å²) in [6.45, 7) is 0. The minimum absolute atomic E-state index is 0.0599. The molecular weight excluding hydrogens is 228 g/mol. The largest absolute Gasteiger partial charge is 0.326 e. The summed E-state index contributed by atoms with van der Waals surface area (Å²) in [6.07, 6.45) is 2.20. The lowest BCUT2D eigenvalue weighted by molar-refractivity contribution is -0.115. The summed E-state index contributed by atoms with van der Waals surface area (Å²) >= 11 is 0. The average Bonchev–Trinajstić information content (AvgIpc) is 2.97. The molecule has 0 saturated carbocycles. The van der Waals surface area contributed by atoms with Crippen LogP contribution in [-0.2, 0) is 11.2 Å². The molecule has 3 rings (SSSR count). The summed E-state index contributed by atoms with van der Waals surface area (Å²) in [7, 11) is 1.90. The number of H-pyrrole nitrogens is 1. The average molecular weight is 242 g/mol. The van der Waals surface area contributed by atoms with Crippen LogP contribution >= 0.6 is 0 Å². The van der Waals surface area contributed by atoms with Gasteiger partial charge in [-0.3, -0.25) is 9.89 Å². The molecule has 92 valence electrons. The normalized spacial score (nSPS) is 15.3. The number of carbonyl (C=O) groups is 1. The van der Waals surface area contributed by atoms with Crippen LogP contribution in [0.1, 0.15) is 22.9 Å². The van der Waals surface area contributed by atoms with Gasteiger partial charge in [-0.15, -0.1) is 0 Å². The molecule has 2 aromatic rings. The molecule has 2 heterocycles. The maximum absolute atomic E-state index is 11.3. The number of amides is 1. The van der Waals surface area contributed by atoms with Crippen molar-refractivity contribution in [3.63, 3.8) is 0 Å². The molecule has 0 aliphatic carbocycles. The fourth-order valence-electron chi connectivity index (χ4n) is 2.36. The summed E-state index contributed by atoms with van der Waals surface area (Å²) in [5.41, 5.74) is 4.10. The minimum Gasteiger partial charge on any atom is -0.326 e. The monoisotopic (exact) mass is 242 g/mol. The van der Waals surface area contributed by atoms with Gasteiger partial charge in [0.05, 0.1) is 18.2 Å². The second-order valence-electron chi connectivity index (χ2n) is 4.38. The molecule has 1 aromatic carbocycles. The number of fused-ring (bicyclic) bond motifs is 1. The molecule has 1 aliphatic rings. The number of anilines is 1. The van der Waals surface area contributed by atoms with Crippen LogP contribution < -0.4 is 10.6 Å². The number of nitrogens with one attached hydrogen (secondary N) is 3. The third-order valence-electron chi connectivity index (χ3n) is 3.21. The summed E-state index contributed by atoms with van der Waals surface area (Å²) in [6, 6.07) is 8.05. The van der Waals surface area contributed by atoms with Gasteiger partial charge < -0.3 is 10.6 Å². The Morgan fingerprint density at radius 2 is 2.28 bits per heavy atom. The van der Waals surface area contributed by atoms with Gasteiger partial charge in [-0.1, -0.05) is 12.1 Å². The highest BCUT2D eigenvalue weighted by atomic mass is 16.1. The van der Waals surface area contributed by atoms with Gasteiger partial charge in [0.1, 0.15) is 0 Å². The Hall–Kier alpha value is -2.14. The summed E-state index contributed by atoms with van der Waals surface area (Å²) < 4.78 is 0.